The first-order valence-corrected chi connectivity index (χ1v) is 6.71. The molecule has 0 radical (unpaired) electrons. The average molecular weight is 271 g/mol. The van der Waals surface area contributed by atoms with Crippen molar-refractivity contribution in [2.24, 2.45) is 0 Å². The van der Waals surface area contributed by atoms with Crippen LogP contribution < -0.4 is 4.74 Å². The summed E-state index contributed by atoms with van der Waals surface area (Å²) in [5.74, 6) is -0.622. The van der Waals surface area contributed by atoms with Gasteiger partial charge in [0.1, 0.15) is 5.75 Å². The highest BCUT2D eigenvalue weighted by Crippen LogP contribution is 2.31. The molecule has 0 bridgehead atoms. The number of aliphatic carboxylic acids is 1. The molecule has 0 unspecified atom stereocenters. The van der Waals surface area contributed by atoms with Crippen molar-refractivity contribution in [3.8, 4) is 5.75 Å². The van der Waals surface area contributed by atoms with E-state index in [9.17, 15) is 13.2 Å². The van der Waals surface area contributed by atoms with Crippen LogP contribution in [0.4, 0.5) is 0 Å². The van der Waals surface area contributed by atoms with Gasteiger partial charge in [-0.05, 0) is 23.8 Å². The molecule has 0 aliphatic carbocycles. The first-order valence-electron chi connectivity index (χ1n) is 5.27. The van der Waals surface area contributed by atoms with Crippen LogP contribution in [-0.4, -0.2) is 44.0 Å². The zero-order valence-electron chi connectivity index (χ0n) is 9.95. The molecule has 1 aromatic carbocycles. The number of hydrogen-bond acceptors (Lipinski definition) is 4. The Hall–Kier alpha value is -1.60. The van der Waals surface area contributed by atoms with Gasteiger partial charge in [-0.1, -0.05) is 0 Å². The van der Waals surface area contributed by atoms with E-state index in [1.54, 1.807) is 0 Å². The first kappa shape index (κ1) is 12.8. The zero-order valence-corrected chi connectivity index (χ0v) is 10.8. The highest BCUT2D eigenvalue weighted by Gasteiger charge is 2.30. The van der Waals surface area contributed by atoms with E-state index in [2.05, 4.69) is 0 Å². The Balaban J connectivity index is 2.38. The van der Waals surface area contributed by atoms with Crippen molar-refractivity contribution in [2.45, 2.75) is 17.4 Å². The van der Waals surface area contributed by atoms with Gasteiger partial charge in [0, 0.05) is 20.5 Å². The summed E-state index contributed by atoms with van der Waals surface area (Å²) >= 11 is 0. The lowest BCUT2D eigenvalue weighted by atomic mass is 10.1. The predicted octanol–water partition coefficient (Wildman–Crippen LogP) is 0.325. The van der Waals surface area contributed by atoms with Crippen LogP contribution in [-0.2, 0) is 21.2 Å². The summed E-state index contributed by atoms with van der Waals surface area (Å²) in [7, 11) is -0.619. The summed E-state index contributed by atoms with van der Waals surface area (Å²) in [6, 6.07) is 4.38. The molecule has 0 saturated carbocycles. The molecule has 2 rings (SSSR count). The second-order valence-corrected chi connectivity index (χ2v) is 6.36. The molecule has 1 aliphatic heterocycles. The maximum atomic E-state index is 11.9. The van der Waals surface area contributed by atoms with Gasteiger partial charge in [-0.3, -0.25) is 0 Å². The third-order valence-electron chi connectivity index (χ3n) is 2.76. The van der Waals surface area contributed by atoms with Crippen LogP contribution in [0.2, 0.25) is 0 Å². The number of fused-ring (bicyclic) bond motifs is 1. The maximum absolute atomic E-state index is 11.9. The van der Waals surface area contributed by atoms with Crippen molar-refractivity contribution < 1.29 is 23.1 Å². The van der Waals surface area contributed by atoms with Gasteiger partial charge in [0.25, 0.3) is 0 Å². The first-order chi connectivity index (χ1) is 8.32. The molecular formula is C11H13NO5S. The molecule has 1 aromatic rings. The molecule has 18 heavy (non-hydrogen) atoms. The lowest BCUT2D eigenvalue weighted by Crippen LogP contribution is -2.24. The third-order valence-corrected chi connectivity index (χ3v) is 4.57. The Bertz CT molecular complexity index is 593. The molecule has 0 saturated heterocycles. The summed E-state index contributed by atoms with van der Waals surface area (Å²) < 4.78 is 30.1. The summed E-state index contributed by atoms with van der Waals surface area (Å²) in [5, 5.41) is 8.85. The molecule has 0 amide bonds. The largest absolute Gasteiger partial charge is 0.478 e. The molecule has 1 N–H and O–H groups in total. The van der Waals surface area contributed by atoms with Gasteiger partial charge < -0.3 is 9.84 Å². The van der Waals surface area contributed by atoms with Gasteiger partial charge in [-0.2, -0.15) is 0 Å². The predicted molar refractivity (Wildman–Crippen MR) is 63.1 cm³/mol. The molecule has 1 atom stereocenters. The van der Waals surface area contributed by atoms with Crippen molar-refractivity contribution in [3.05, 3.63) is 23.8 Å². The van der Waals surface area contributed by atoms with Crippen LogP contribution in [0.15, 0.2) is 23.1 Å². The van der Waals surface area contributed by atoms with E-state index in [1.807, 2.05) is 0 Å². The Morgan fingerprint density at radius 1 is 1.44 bits per heavy atom. The van der Waals surface area contributed by atoms with Gasteiger partial charge in [0.15, 0.2) is 6.10 Å². The monoisotopic (exact) mass is 271 g/mol. The summed E-state index contributed by atoms with van der Waals surface area (Å²) in [6.45, 7) is 0. The number of carboxylic acids is 1. The molecule has 7 heteroatoms. The Kier molecular flexibility index (Phi) is 3.04. The Morgan fingerprint density at radius 3 is 2.67 bits per heavy atom. The number of sulfonamides is 1. The van der Waals surface area contributed by atoms with Crippen LogP contribution in [0.5, 0.6) is 5.75 Å². The van der Waals surface area contributed by atoms with Crippen LogP contribution in [0.25, 0.3) is 0 Å². The second kappa shape index (κ2) is 4.25. The van der Waals surface area contributed by atoms with Crippen LogP contribution in [0.3, 0.4) is 0 Å². The quantitative estimate of drug-likeness (QED) is 0.856. The van der Waals surface area contributed by atoms with E-state index in [-0.39, 0.29) is 11.3 Å². The van der Waals surface area contributed by atoms with Crippen molar-refractivity contribution in [1.82, 2.24) is 4.31 Å². The van der Waals surface area contributed by atoms with Gasteiger partial charge >= 0.3 is 5.97 Å². The van der Waals surface area contributed by atoms with Crippen LogP contribution in [0, 0.1) is 0 Å². The van der Waals surface area contributed by atoms with E-state index >= 15 is 0 Å². The molecule has 0 spiro atoms. The van der Waals surface area contributed by atoms with E-state index in [1.165, 1.54) is 32.3 Å². The minimum absolute atomic E-state index is 0.140. The van der Waals surface area contributed by atoms with E-state index in [0.717, 1.165) is 4.31 Å². The molecule has 0 aromatic heterocycles. The molecule has 1 heterocycles. The smallest absolute Gasteiger partial charge is 0.345 e. The van der Waals surface area contributed by atoms with Gasteiger partial charge in [-0.25, -0.2) is 17.5 Å². The zero-order chi connectivity index (χ0) is 13.5. The van der Waals surface area contributed by atoms with E-state index in [4.69, 9.17) is 9.84 Å². The number of benzene rings is 1. The van der Waals surface area contributed by atoms with Crippen molar-refractivity contribution >= 4 is 16.0 Å². The van der Waals surface area contributed by atoms with Crippen molar-refractivity contribution in [3.63, 3.8) is 0 Å². The fraction of sp³-hybridized carbons (Fsp3) is 0.364. The summed E-state index contributed by atoms with van der Waals surface area (Å²) in [4.78, 5) is 10.9. The number of hydrogen-bond donors (Lipinski definition) is 1. The molecule has 6 nitrogen and oxygen atoms in total. The summed E-state index contributed by atoms with van der Waals surface area (Å²) in [6.07, 6.45) is -0.751. The summed E-state index contributed by atoms with van der Waals surface area (Å²) in [5.41, 5.74) is 0.602. The number of rotatable bonds is 3. The van der Waals surface area contributed by atoms with Crippen LogP contribution >= 0.6 is 0 Å². The average Bonchev–Trinajstić information content (AvgIpc) is 2.71. The SMILES string of the molecule is CN(C)S(=O)(=O)c1ccc2c(c1)C[C@H](C(=O)O)O2. The van der Waals surface area contributed by atoms with Crippen LogP contribution in [0.1, 0.15) is 5.56 Å². The minimum Gasteiger partial charge on any atom is -0.478 e. The van der Waals surface area contributed by atoms with Gasteiger partial charge in [0.05, 0.1) is 4.90 Å². The lowest BCUT2D eigenvalue weighted by molar-refractivity contribution is -0.144. The minimum atomic E-state index is -3.51. The molecule has 1 aliphatic rings. The Morgan fingerprint density at radius 2 is 2.11 bits per heavy atom. The fourth-order valence-electron chi connectivity index (χ4n) is 1.73. The third kappa shape index (κ3) is 2.06. The van der Waals surface area contributed by atoms with Gasteiger partial charge in [-0.15, -0.1) is 0 Å². The van der Waals surface area contributed by atoms with Gasteiger partial charge in [0.2, 0.25) is 10.0 Å². The van der Waals surface area contributed by atoms with E-state index in [0.29, 0.717) is 11.3 Å². The lowest BCUT2D eigenvalue weighted by Gasteiger charge is -2.11. The molecule has 98 valence electrons. The highest BCUT2D eigenvalue weighted by molar-refractivity contribution is 7.89. The topological polar surface area (TPSA) is 83.9 Å². The second-order valence-electron chi connectivity index (χ2n) is 4.21. The number of carboxylic acid groups (broad SMARTS) is 1. The fourth-order valence-corrected chi connectivity index (χ4v) is 2.69. The Labute approximate surface area is 105 Å². The number of ether oxygens (including phenoxy) is 1. The number of nitrogens with zero attached hydrogens (tertiary/aromatic N) is 1. The molecular weight excluding hydrogens is 258 g/mol. The maximum Gasteiger partial charge on any atom is 0.345 e. The normalized spacial score (nSPS) is 18.5. The van der Waals surface area contributed by atoms with Crippen molar-refractivity contribution in [2.75, 3.05) is 14.1 Å². The standard InChI is InChI=1S/C11H13NO5S/c1-12(2)18(15,16)8-3-4-9-7(5-8)6-10(17-9)11(13)14/h3-5,10H,6H2,1-2H3,(H,13,14)/t10-/m1/s1. The van der Waals surface area contributed by atoms with E-state index < -0.39 is 22.1 Å². The molecule has 0 fully saturated rings. The van der Waals surface area contributed by atoms with Crippen molar-refractivity contribution in [1.29, 1.82) is 0 Å². The highest BCUT2D eigenvalue weighted by atomic mass is 32.2. The number of carbonyl (C=O) groups is 1.